The molecule has 1 aromatic heterocycles. The first-order valence-corrected chi connectivity index (χ1v) is 6.03. The minimum atomic E-state index is -0.430. The van der Waals surface area contributed by atoms with Gasteiger partial charge in [0.05, 0.1) is 0 Å². The summed E-state index contributed by atoms with van der Waals surface area (Å²) in [5, 5.41) is 0. The predicted octanol–water partition coefficient (Wildman–Crippen LogP) is 2.73. The van der Waals surface area contributed by atoms with E-state index in [1.54, 1.807) is 12.1 Å². The molecule has 0 saturated carbocycles. The van der Waals surface area contributed by atoms with Crippen LogP contribution >= 0.6 is 0 Å². The van der Waals surface area contributed by atoms with Crippen molar-refractivity contribution in [1.82, 2.24) is 0 Å². The van der Waals surface area contributed by atoms with Crippen LogP contribution in [0.4, 0.5) is 4.39 Å². The Balaban J connectivity index is 2.41. The van der Waals surface area contributed by atoms with E-state index in [0.717, 1.165) is 11.3 Å². The standard InChI is InChI=1S/C10H8FOTe/c1-7-6-10(12-13-7)8-2-4-9(11)5-3-8/h2-6H,1H3/q+1. The van der Waals surface area contributed by atoms with Crippen molar-refractivity contribution < 1.29 is 7.15 Å². The molecule has 0 unspecified atom stereocenters. The van der Waals surface area contributed by atoms with E-state index in [-0.39, 0.29) is 5.82 Å². The summed E-state index contributed by atoms with van der Waals surface area (Å²) in [6.45, 7) is 2.07. The fourth-order valence-corrected chi connectivity index (χ4v) is 2.58. The molecule has 0 aliphatic carbocycles. The van der Waals surface area contributed by atoms with Gasteiger partial charge in [0.2, 0.25) is 0 Å². The third-order valence-electron chi connectivity index (χ3n) is 1.73. The van der Waals surface area contributed by atoms with Gasteiger partial charge in [0, 0.05) is 0 Å². The first-order chi connectivity index (χ1) is 6.25. The molecule has 0 N–H and O–H groups in total. The first kappa shape index (κ1) is 8.93. The Kier molecular flexibility index (Phi) is 2.48. The van der Waals surface area contributed by atoms with Crippen molar-refractivity contribution in [2.24, 2.45) is 0 Å². The van der Waals surface area contributed by atoms with Crippen LogP contribution in [0.5, 0.6) is 0 Å². The van der Waals surface area contributed by atoms with E-state index in [0.29, 0.717) is 0 Å². The number of rotatable bonds is 1. The van der Waals surface area contributed by atoms with E-state index in [2.05, 4.69) is 6.92 Å². The molecule has 0 fully saturated rings. The van der Waals surface area contributed by atoms with Crippen LogP contribution in [0.15, 0.2) is 33.1 Å². The van der Waals surface area contributed by atoms with E-state index >= 15 is 0 Å². The van der Waals surface area contributed by atoms with Crippen molar-refractivity contribution in [3.63, 3.8) is 0 Å². The molecule has 1 heterocycles. The number of halogens is 1. The van der Waals surface area contributed by atoms with Gasteiger partial charge < -0.3 is 0 Å². The van der Waals surface area contributed by atoms with Gasteiger partial charge >= 0.3 is 86.0 Å². The Morgan fingerprint density at radius 3 is 2.46 bits per heavy atom. The van der Waals surface area contributed by atoms with Crippen molar-refractivity contribution in [2.75, 3.05) is 0 Å². The van der Waals surface area contributed by atoms with Crippen molar-refractivity contribution in [1.29, 1.82) is 0 Å². The summed E-state index contributed by atoms with van der Waals surface area (Å²) in [5.74, 6) is 0.680. The van der Waals surface area contributed by atoms with Crippen molar-refractivity contribution in [2.45, 2.75) is 6.92 Å². The molecule has 66 valence electrons. The second kappa shape index (κ2) is 3.61. The van der Waals surface area contributed by atoms with Crippen LogP contribution in [0.1, 0.15) is 3.58 Å². The van der Waals surface area contributed by atoms with Crippen LogP contribution in [-0.4, -0.2) is 20.9 Å². The number of hydrogen-bond acceptors (Lipinski definition) is 0. The van der Waals surface area contributed by atoms with Crippen molar-refractivity contribution in [3.8, 4) is 11.3 Å². The van der Waals surface area contributed by atoms with Crippen LogP contribution in [0.3, 0.4) is 0 Å². The van der Waals surface area contributed by atoms with Crippen molar-refractivity contribution >= 4 is 20.9 Å². The monoisotopic (exact) mass is 293 g/mol. The quantitative estimate of drug-likeness (QED) is 0.581. The molecule has 0 atom stereocenters. The Labute approximate surface area is 86.0 Å². The summed E-state index contributed by atoms with van der Waals surface area (Å²) in [6.07, 6.45) is 0. The molecule has 2 rings (SSSR count). The molecule has 1 nitrogen and oxygen atoms in total. The van der Waals surface area contributed by atoms with Gasteiger partial charge in [0.1, 0.15) is 0 Å². The zero-order valence-corrected chi connectivity index (χ0v) is 9.41. The van der Waals surface area contributed by atoms with Gasteiger partial charge in [-0.05, 0) is 0 Å². The van der Waals surface area contributed by atoms with E-state index in [9.17, 15) is 4.39 Å². The normalized spacial score (nSPS) is 10.3. The predicted molar refractivity (Wildman–Crippen MR) is 50.2 cm³/mol. The number of benzene rings is 1. The molecule has 0 amide bonds. The van der Waals surface area contributed by atoms with E-state index in [4.69, 9.17) is 2.76 Å². The second-order valence-corrected chi connectivity index (χ2v) is 5.58. The molecule has 13 heavy (non-hydrogen) atoms. The van der Waals surface area contributed by atoms with Gasteiger partial charge in [-0.15, -0.1) is 0 Å². The average molecular weight is 291 g/mol. The summed E-state index contributed by atoms with van der Waals surface area (Å²) in [5.41, 5.74) is 0.961. The summed E-state index contributed by atoms with van der Waals surface area (Å²) >= 11 is -0.430. The van der Waals surface area contributed by atoms with Gasteiger partial charge in [-0.25, -0.2) is 0 Å². The molecule has 2 aromatic rings. The topological polar surface area (TPSA) is 11.3 Å². The van der Waals surface area contributed by atoms with E-state index in [1.165, 1.54) is 15.7 Å². The Morgan fingerprint density at radius 2 is 1.92 bits per heavy atom. The summed E-state index contributed by atoms with van der Waals surface area (Å²) in [7, 11) is 0. The number of aryl methyl sites for hydroxylation is 1. The fourth-order valence-electron chi connectivity index (χ4n) is 1.09. The van der Waals surface area contributed by atoms with Gasteiger partial charge in [-0.2, -0.15) is 0 Å². The van der Waals surface area contributed by atoms with Crippen LogP contribution in [0.25, 0.3) is 11.3 Å². The fraction of sp³-hybridized carbons (Fsp3) is 0.100. The van der Waals surface area contributed by atoms with Crippen LogP contribution in [0.2, 0.25) is 0 Å². The molecule has 1 aromatic carbocycles. The third-order valence-corrected chi connectivity index (χ3v) is 3.56. The maximum atomic E-state index is 12.6. The second-order valence-electron chi connectivity index (χ2n) is 2.79. The van der Waals surface area contributed by atoms with Crippen molar-refractivity contribution in [3.05, 3.63) is 39.7 Å². The minimum absolute atomic E-state index is 0.209. The summed E-state index contributed by atoms with van der Waals surface area (Å²) < 4.78 is 19.4. The molecule has 0 bridgehead atoms. The maximum absolute atomic E-state index is 12.6. The molecule has 0 aliphatic heterocycles. The average Bonchev–Trinajstić information content (AvgIpc) is 2.53. The molecule has 0 spiro atoms. The Hall–Kier alpha value is -0.650. The molecular formula is C10H8FOTe+. The van der Waals surface area contributed by atoms with Gasteiger partial charge in [-0.3, -0.25) is 0 Å². The van der Waals surface area contributed by atoms with Gasteiger partial charge in [0.15, 0.2) is 0 Å². The SMILES string of the molecule is Cc1cc(-c2ccc(F)cc2)[o+][te]1. The molecule has 0 saturated heterocycles. The number of hydrogen-bond donors (Lipinski definition) is 0. The van der Waals surface area contributed by atoms with Crippen LogP contribution in [-0.2, 0) is 0 Å². The van der Waals surface area contributed by atoms with E-state index < -0.39 is 20.9 Å². The molecule has 0 radical (unpaired) electrons. The summed E-state index contributed by atoms with van der Waals surface area (Å²) in [6, 6.07) is 8.43. The first-order valence-electron chi connectivity index (χ1n) is 3.91. The Bertz CT molecular complexity index is 405. The zero-order valence-electron chi connectivity index (χ0n) is 7.08. The van der Waals surface area contributed by atoms with Crippen LogP contribution in [0, 0.1) is 12.7 Å². The molecular weight excluding hydrogens is 283 g/mol. The molecule has 3 heteroatoms. The van der Waals surface area contributed by atoms with Gasteiger partial charge in [-0.1, -0.05) is 0 Å². The van der Waals surface area contributed by atoms with Gasteiger partial charge in [0.25, 0.3) is 0 Å². The zero-order chi connectivity index (χ0) is 9.26. The Morgan fingerprint density at radius 1 is 1.23 bits per heavy atom. The molecule has 0 aliphatic rings. The van der Waals surface area contributed by atoms with Crippen LogP contribution < -0.4 is 0 Å². The third kappa shape index (κ3) is 1.99. The summed E-state index contributed by atoms with van der Waals surface area (Å²) in [4.78, 5) is 0. The van der Waals surface area contributed by atoms with E-state index in [1.807, 2.05) is 6.07 Å².